The Bertz CT molecular complexity index is 597. The molecule has 1 aromatic rings. The molecule has 120 valence electrons. The fourth-order valence-electron chi connectivity index (χ4n) is 2.37. The average molecular weight is 370 g/mol. The molecule has 2 rings (SSSR count). The van der Waals surface area contributed by atoms with Crippen LogP contribution in [-0.4, -0.2) is 23.1 Å². The number of aryl methyl sites for hydroxylation is 1. The van der Waals surface area contributed by atoms with E-state index in [9.17, 15) is 9.18 Å². The normalized spacial score (nSPS) is 15.5. The molecule has 0 fully saturated rings. The molecule has 0 unspecified atom stereocenters. The Labute approximate surface area is 139 Å². The van der Waals surface area contributed by atoms with Gasteiger partial charge in [0.1, 0.15) is 11.4 Å². The van der Waals surface area contributed by atoms with Gasteiger partial charge in [0.15, 0.2) is 0 Å². The van der Waals surface area contributed by atoms with Gasteiger partial charge >= 0.3 is 6.09 Å². The Kier molecular flexibility index (Phi) is 4.95. The fourth-order valence-corrected chi connectivity index (χ4v) is 2.60. The highest BCUT2D eigenvalue weighted by Crippen LogP contribution is 2.31. The number of allylic oxidation sites excluding steroid dienone is 1. The van der Waals surface area contributed by atoms with Gasteiger partial charge in [-0.25, -0.2) is 9.18 Å². The topological polar surface area (TPSA) is 29.5 Å². The van der Waals surface area contributed by atoms with Gasteiger partial charge in [-0.15, -0.1) is 0 Å². The second-order valence-electron chi connectivity index (χ2n) is 6.45. The van der Waals surface area contributed by atoms with E-state index in [0.29, 0.717) is 16.6 Å². The summed E-state index contributed by atoms with van der Waals surface area (Å²) in [4.78, 5) is 14.0. The Balaban J connectivity index is 2.35. The summed E-state index contributed by atoms with van der Waals surface area (Å²) in [5, 5.41) is 0. The molecule has 0 saturated heterocycles. The molecule has 1 heterocycles. The molecule has 1 aliphatic rings. The highest BCUT2D eigenvalue weighted by atomic mass is 79.9. The van der Waals surface area contributed by atoms with E-state index in [2.05, 4.69) is 15.9 Å². The van der Waals surface area contributed by atoms with Gasteiger partial charge in [0.2, 0.25) is 0 Å². The number of nitrogens with zero attached hydrogens (tertiary/aromatic N) is 1. The number of ether oxygens (including phenoxy) is 1. The summed E-state index contributed by atoms with van der Waals surface area (Å²) >= 11 is 3.22. The van der Waals surface area contributed by atoms with Gasteiger partial charge in [-0.1, -0.05) is 6.08 Å². The van der Waals surface area contributed by atoms with Gasteiger partial charge in [0.05, 0.1) is 10.2 Å². The van der Waals surface area contributed by atoms with Crippen LogP contribution in [0.15, 0.2) is 22.7 Å². The first-order valence-electron chi connectivity index (χ1n) is 7.36. The molecular formula is C17H21BrFNO2. The molecule has 1 aromatic carbocycles. The van der Waals surface area contributed by atoms with Crippen molar-refractivity contribution in [2.45, 2.75) is 46.1 Å². The van der Waals surface area contributed by atoms with E-state index >= 15 is 0 Å². The second-order valence-corrected chi connectivity index (χ2v) is 7.25. The predicted octanol–water partition coefficient (Wildman–Crippen LogP) is 5.27. The van der Waals surface area contributed by atoms with Crippen LogP contribution in [0.25, 0.3) is 5.70 Å². The van der Waals surface area contributed by atoms with Crippen LogP contribution in [0.4, 0.5) is 9.18 Å². The number of amides is 1. The van der Waals surface area contributed by atoms with Gasteiger partial charge in [0.25, 0.3) is 0 Å². The van der Waals surface area contributed by atoms with E-state index in [-0.39, 0.29) is 11.9 Å². The molecule has 1 amide bonds. The van der Waals surface area contributed by atoms with Gasteiger partial charge in [-0.05, 0) is 74.2 Å². The number of hydrogen-bond donors (Lipinski definition) is 0. The standard InChI is InChI=1S/C17H21BrFNO2/c1-11-9-12(10-13(19)15(11)18)14-7-5-6-8-20(14)16(21)22-17(2,3)4/h7,9-10H,5-6,8H2,1-4H3. The van der Waals surface area contributed by atoms with Crippen molar-refractivity contribution in [1.29, 1.82) is 0 Å². The summed E-state index contributed by atoms with van der Waals surface area (Å²) in [5.41, 5.74) is 1.66. The molecule has 5 heteroatoms. The van der Waals surface area contributed by atoms with Crippen molar-refractivity contribution < 1.29 is 13.9 Å². The van der Waals surface area contributed by atoms with Crippen LogP contribution in [0.1, 0.15) is 44.7 Å². The van der Waals surface area contributed by atoms with Crippen molar-refractivity contribution >= 4 is 27.7 Å². The number of carbonyl (C=O) groups is 1. The Morgan fingerprint density at radius 1 is 1.36 bits per heavy atom. The molecule has 0 spiro atoms. The minimum atomic E-state index is -0.555. The second kappa shape index (κ2) is 6.41. The van der Waals surface area contributed by atoms with Crippen LogP contribution in [-0.2, 0) is 4.74 Å². The van der Waals surface area contributed by atoms with Crippen LogP contribution in [0, 0.1) is 12.7 Å². The largest absolute Gasteiger partial charge is 0.443 e. The average Bonchev–Trinajstić information content (AvgIpc) is 2.42. The highest BCUT2D eigenvalue weighted by molar-refractivity contribution is 9.10. The molecule has 0 atom stereocenters. The molecule has 1 aliphatic heterocycles. The van der Waals surface area contributed by atoms with Crippen molar-refractivity contribution in [3.05, 3.63) is 39.6 Å². The van der Waals surface area contributed by atoms with Crippen molar-refractivity contribution in [3.8, 4) is 0 Å². The monoisotopic (exact) mass is 369 g/mol. The zero-order chi connectivity index (χ0) is 16.5. The Morgan fingerprint density at radius 2 is 2.05 bits per heavy atom. The lowest BCUT2D eigenvalue weighted by molar-refractivity contribution is 0.0346. The van der Waals surface area contributed by atoms with E-state index in [1.165, 1.54) is 6.07 Å². The molecule has 3 nitrogen and oxygen atoms in total. The first-order chi connectivity index (χ1) is 10.2. The first kappa shape index (κ1) is 17.0. The quantitative estimate of drug-likeness (QED) is 0.674. The Hall–Kier alpha value is -1.36. The molecule has 0 aliphatic carbocycles. The lowest BCUT2D eigenvalue weighted by atomic mass is 10.0. The number of rotatable bonds is 1. The first-order valence-corrected chi connectivity index (χ1v) is 8.15. The van der Waals surface area contributed by atoms with E-state index in [1.807, 2.05) is 39.8 Å². The lowest BCUT2D eigenvalue weighted by Gasteiger charge is -2.31. The number of halogens is 2. The van der Waals surface area contributed by atoms with Gasteiger partial charge < -0.3 is 4.74 Å². The third-order valence-corrected chi connectivity index (χ3v) is 4.34. The van der Waals surface area contributed by atoms with Gasteiger partial charge in [-0.2, -0.15) is 0 Å². The third kappa shape index (κ3) is 3.88. The van der Waals surface area contributed by atoms with Gasteiger partial charge in [-0.3, -0.25) is 4.90 Å². The molecule has 0 aromatic heterocycles. The number of hydrogen-bond acceptors (Lipinski definition) is 2. The number of carbonyl (C=O) groups excluding carboxylic acids is 1. The molecule has 0 bridgehead atoms. The van der Waals surface area contributed by atoms with Crippen molar-refractivity contribution in [2.75, 3.05) is 6.54 Å². The molecule has 0 radical (unpaired) electrons. The van der Waals surface area contributed by atoms with Crippen LogP contribution in [0.5, 0.6) is 0 Å². The summed E-state index contributed by atoms with van der Waals surface area (Å²) in [5.74, 6) is -0.328. The van der Waals surface area contributed by atoms with Crippen molar-refractivity contribution in [3.63, 3.8) is 0 Å². The molecule has 0 saturated carbocycles. The minimum absolute atomic E-state index is 0.328. The SMILES string of the molecule is Cc1cc(C2=CCCCN2C(=O)OC(C)(C)C)cc(F)c1Br. The highest BCUT2D eigenvalue weighted by Gasteiger charge is 2.27. The summed E-state index contributed by atoms with van der Waals surface area (Å²) in [6.45, 7) is 7.92. The third-order valence-electron chi connectivity index (χ3n) is 3.33. The zero-order valence-electron chi connectivity index (χ0n) is 13.4. The van der Waals surface area contributed by atoms with E-state index in [0.717, 1.165) is 24.1 Å². The van der Waals surface area contributed by atoms with Crippen molar-refractivity contribution in [2.24, 2.45) is 0 Å². The Morgan fingerprint density at radius 3 is 2.64 bits per heavy atom. The summed E-state index contributed by atoms with van der Waals surface area (Å²) < 4.78 is 19.9. The van der Waals surface area contributed by atoms with E-state index in [1.54, 1.807) is 4.90 Å². The maximum atomic E-state index is 14.0. The smallest absolute Gasteiger partial charge is 0.414 e. The zero-order valence-corrected chi connectivity index (χ0v) is 15.0. The van der Waals surface area contributed by atoms with E-state index in [4.69, 9.17) is 4.74 Å². The van der Waals surface area contributed by atoms with E-state index < -0.39 is 5.60 Å². The van der Waals surface area contributed by atoms with Crippen LogP contribution < -0.4 is 0 Å². The van der Waals surface area contributed by atoms with Crippen molar-refractivity contribution in [1.82, 2.24) is 4.90 Å². The summed E-state index contributed by atoms with van der Waals surface area (Å²) in [6, 6.07) is 3.33. The predicted molar refractivity (Wildman–Crippen MR) is 89.0 cm³/mol. The lowest BCUT2D eigenvalue weighted by Crippen LogP contribution is -2.37. The summed E-state index contributed by atoms with van der Waals surface area (Å²) in [7, 11) is 0. The summed E-state index contributed by atoms with van der Waals surface area (Å²) in [6.07, 6.45) is 3.32. The number of benzene rings is 1. The minimum Gasteiger partial charge on any atom is -0.443 e. The molecular weight excluding hydrogens is 349 g/mol. The fraction of sp³-hybridized carbons (Fsp3) is 0.471. The van der Waals surface area contributed by atoms with Crippen LogP contribution >= 0.6 is 15.9 Å². The molecule has 22 heavy (non-hydrogen) atoms. The van der Waals surface area contributed by atoms with Crippen LogP contribution in [0.3, 0.4) is 0 Å². The van der Waals surface area contributed by atoms with Gasteiger partial charge in [0, 0.05) is 12.1 Å². The molecule has 0 N–H and O–H groups in total. The van der Waals surface area contributed by atoms with Crippen LogP contribution in [0.2, 0.25) is 0 Å². The maximum absolute atomic E-state index is 14.0. The maximum Gasteiger partial charge on any atom is 0.414 e.